The molecule has 0 nitrogen and oxygen atoms in total. The summed E-state index contributed by atoms with van der Waals surface area (Å²) >= 11 is -1.72. The molecular formula is C45H86Cl2P2RuSi+2. The van der Waals surface area contributed by atoms with Crippen LogP contribution in [0.15, 0.2) is 5.20 Å². The fraction of sp³-hybridized carbons (Fsp3) is 0.956. The molecule has 0 saturated heterocycles. The van der Waals surface area contributed by atoms with E-state index in [1.807, 2.05) is 0 Å². The van der Waals surface area contributed by atoms with Crippen LogP contribution in [0.5, 0.6) is 0 Å². The van der Waals surface area contributed by atoms with Gasteiger partial charge in [-0.3, -0.25) is 0 Å². The van der Waals surface area contributed by atoms with E-state index in [1.54, 1.807) is 193 Å². The van der Waals surface area contributed by atoms with E-state index in [0.29, 0.717) is 0 Å². The van der Waals surface area contributed by atoms with E-state index in [4.69, 9.17) is 19.4 Å². The quantitative estimate of drug-likeness (QED) is 0.151. The van der Waals surface area contributed by atoms with Gasteiger partial charge in [0, 0.05) is 15.8 Å². The van der Waals surface area contributed by atoms with Crippen molar-refractivity contribution in [1.29, 1.82) is 0 Å². The summed E-state index contributed by atoms with van der Waals surface area (Å²) < 4.78 is 3.31. The molecule has 0 aromatic rings. The van der Waals surface area contributed by atoms with E-state index in [1.165, 1.54) is 52.0 Å². The van der Waals surface area contributed by atoms with Gasteiger partial charge in [0.1, 0.15) is 0 Å². The third-order valence-electron chi connectivity index (χ3n) is 14.3. The van der Waals surface area contributed by atoms with Crippen LogP contribution in [0.25, 0.3) is 0 Å². The summed E-state index contributed by atoms with van der Waals surface area (Å²) in [6.45, 7) is 9.20. The first-order chi connectivity index (χ1) is 24.8. The van der Waals surface area contributed by atoms with E-state index >= 15 is 0 Å². The van der Waals surface area contributed by atoms with Gasteiger partial charge in [0.15, 0.2) is 0 Å². The minimum absolute atomic E-state index is 0.0465. The number of unbranched alkanes of at least 4 members (excludes halogenated alkanes) is 1. The van der Waals surface area contributed by atoms with Gasteiger partial charge in [0.05, 0.1) is 34.0 Å². The predicted octanol–water partition coefficient (Wildman–Crippen LogP) is 16.7. The molecule has 6 aliphatic rings. The molecule has 0 aromatic carbocycles. The monoisotopic (exact) mass is 888 g/mol. The van der Waals surface area contributed by atoms with Crippen molar-refractivity contribution in [3.63, 3.8) is 0 Å². The van der Waals surface area contributed by atoms with Gasteiger partial charge < -0.3 is 0 Å². The SMILES string of the molecule is C1CCC([PH+](C2CCCCC2)C2CCCCC2)CC1.C1CCC([PH+](C2CCCCC2)C2CCCCC2)CC1.CCCCC(=[C]=[Ru]([Cl])[Cl])[Si](C)(C)C. The molecule has 0 aliphatic heterocycles. The van der Waals surface area contributed by atoms with E-state index in [-0.39, 0.29) is 15.8 Å². The van der Waals surface area contributed by atoms with Crippen LogP contribution in [0.1, 0.15) is 219 Å². The van der Waals surface area contributed by atoms with Crippen LogP contribution < -0.4 is 0 Å². The molecule has 0 N–H and O–H groups in total. The van der Waals surface area contributed by atoms with Gasteiger partial charge in [-0.1, -0.05) is 38.5 Å². The zero-order valence-electron chi connectivity index (χ0n) is 34.4. The topological polar surface area (TPSA) is 0 Å². The number of hydrogen-bond donors (Lipinski definition) is 0. The van der Waals surface area contributed by atoms with Crippen molar-refractivity contribution in [3.8, 4) is 0 Å². The van der Waals surface area contributed by atoms with Gasteiger partial charge in [-0.15, -0.1) is 0 Å². The number of hydrogen-bond acceptors (Lipinski definition) is 0. The fourth-order valence-electron chi connectivity index (χ4n) is 11.6. The Morgan fingerprint density at radius 1 is 0.471 bits per heavy atom. The molecule has 6 saturated carbocycles. The first-order valence-corrected chi connectivity index (χ1v) is 35.4. The molecule has 0 radical (unpaired) electrons. The summed E-state index contributed by atoms with van der Waals surface area (Å²) in [5.41, 5.74) is 7.36. The Morgan fingerprint density at radius 2 is 0.706 bits per heavy atom. The van der Waals surface area contributed by atoms with E-state index in [9.17, 15) is 0 Å². The van der Waals surface area contributed by atoms with Crippen molar-refractivity contribution in [2.24, 2.45) is 0 Å². The summed E-state index contributed by atoms with van der Waals surface area (Å²) in [5.74, 6) is 0. The van der Waals surface area contributed by atoms with Crippen molar-refractivity contribution in [3.05, 3.63) is 5.20 Å². The van der Waals surface area contributed by atoms with Gasteiger partial charge in [-0.2, -0.15) is 0 Å². The molecule has 0 atom stereocenters. The van der Waals surface area contributed by atoms with Crippen LogP contribution in [-0.4, -0.2) is 46.3 Å². The molecular weight excluding hydrogens is 803 g/mol. The summed E-state index contributed by atoms with van der Waals surface area (Å²) in [7, 11) is 10.4. The molecule has 0 spiro atoms. The molecule has 6 fully saturated rings. The normalized spacial score (nSPS) is 24.7. The number of halogens is 2. The number of rotatable bonds is 10. The maximum atomic E-state index is 5.86. The zero-order valence-corrected chi connectivity index (χ0v) is 40.7. The van der Waals surface area contributed by atoms with Crippen LogP contribution in [0.3, 0.4) is 0 Å². The average Bonchev–Trinajstić information content (AvgIpc) is 3.16. The van der Waals surface area contributed by atoms with Crippen LogP contribution >= 0.6 is 35.2 Å². The van der Waals surface area contributed by atoms with Crippen LogP contribution in [-0.2, 0) is 13.5 Å². The van der Waals surface area contributed by atoms with Crippen LogP contribution in [0, 0.1) is 0 Å². The van der Waals surface area contributed by atoms with Gasteiger partial charge in [-0.05, 0) is 154 Å². The van der Waals surface area contributed by atoms with Gasteiger partial charge >= 0.3 is 96.3 Å². The van der Waals surface area contributed by atoms with Crippen molar-refractivity contribution in [2.45, 2.75) is 272 Å². The second kappa shape index (κ2) is 26.0. The Labute approximate surface area is 336 Å². The Kier molecular flexibility index (Phi) is 23.3. The van der Waals surface area contributed by atoms with Crippen molar-refractivity contribution < 1.29 is 13.5 Å². The third kappa shape index (κ3) is 16.7. The fourth-order valence-corrected chi connectivity index (χ4v) is 28.0. The Balaban J connectivity index is 0.000000176. The van der Waals surface area contributed by atoms with Gasteiger partial charge in [0.2, 0.25) is 0 Å². The van der Waals surface area contributed by atoms with Crippen molar-refractivity contribution in [1.82, 2.24) is 0 Å². The molecule has 0 aromatic heterocycles. The zero-order chi connectivity index (χ0) is 36.3. The average molecular weight is 889 g/mol. The molecule has 0 heterocycles. The summed E-state index contributed by atoms with van der Waals surface area (Å²) in [4.78, 5) is 0. The van der Waals surface area contributed by atoms with E-state index in [0.717, 1.165) is 6.42 Å². The molecule has 6 rings (SSSR count). The standard InChI is InChI=1S/2C18H33P.C9H18Si.2ClH.Ru/c2*1-4-10-16(11-5-1)19(17-12-6-2-7-13-17)18-14-8-3-9-15-18;1-6-7-8-9(2)10(3,4)5;;;/h2*16-18H,1-15H2;6-8H2,1,3-5H3;2*1H;/q;;;;;+2. The molecule has 51 heavy (non-hydrogen) atoms. The van der Waals surface area contributed by atoms with Crippen molar-refractivity contribution >= 4 is 47.6 Å². The van der Waals surface area contributed by atoms with Crippen LogP contribution in [0.4, 0.5) is 0 Å². The third-order valence-corrected chi connectivity index (χ3v) is 27.7. The van der Waals surface area contributed by atoms with Crippen LogP contribution in [0.2, 0.25) is 19.6 Å². The second-order valence-electron chi connectivity index (χ2n) is 19.1. The summed E-state index contributed by atoms with van der Waals surface area (Å²) in [6.07, 6.45) is 51.2. The number of allylic oxidation sites excluding steroid dienone is 1. The first-order valence-electron chi connectivity index (χ1n) is 23.1. The van der Waals surface area contributed by atoms with Crippen molar-refractivity contribution in [2.75, 3.05) is 0 Å². The molecule has 0 amide bonds. The molecule has 300 valence electrons. The van der Waals surface area contributed by atoms with E-state index in [2.05, 4.69) is 30.8 Å². The summed E-state index contributed by atoms with van der Waals surface area (Å²) in [5, 5.41) is 1.44. The molecule has 6 heteroatoms. The molecule has 0 bridgehead atoms. The first kappa shape index (κ1) is 45.6. The predicted molar refractivity (Wildman–Crippen MR) is 241 cm³/mol. The Hall–Kier alpha value is 1.93. The molecule has 6 aliphatic carbocycles. The second-order valence-corrected chi connectivity index (χ2v) is 36.4. The Bertz CT molecular complexity index is 829. The van der Waals surface area contributed by atoms with E-state index < -0.39 is 21.6 Å². The maximum absolute atomic E-state index is 5.86. The Morgan fingerprint density at radius 3 is 0.882 bits per heavy atom. The molecule has 0 unspecified atom stereocenters. The van der Waals surface area contributed by atoms with Gasteiger partial charge in [0.25, 0.3) is 0 Å². The summed E-state index contributed by atoms with van der Waals surface area (Å²) in [6, 6.07) is 0. The minimum atomic E-state index is -1.72. The van der Waals surface area contributed by atoms with Gasteiger partial charge in [-0.25, -0.2) is 0 Å².